The number of benzene rings is 1. The van der Waals surface area contributed by atoms with Gasteiger partial charge in [0, 0.05) is 13.1 Å². The van der Waals surface area contributed by atoms with Gasteiger partial charge in [-0.3, -0.25) is 9.59 Å². The van der Waals surface area contributed by atoms with Crippen molar-refractivity contribution in [2.75, 3.05) is 13.1 Å². The standard InChI is InChI=1S/C15H19NO4/c1-10-3-4-11(12(17)9-10)13(18)16-7-5-15(2,6-8-16)14(19)20/h3-4,9,17H,5-8H2,1-2H3,(H,19,20). The maximum absolute atomic E-state index is 12.3. The molecule has 5 heteroatoms. The Kier molecular flexibility index (Phi) is 3.70. The van der Waals surface area contributed by atoms with Gasteiger partial charge in [-0.05, 0) is 44.4 Å². The topological polar surface area (TPSA) is 77.8 Å². The van der Waals surface area contributed by atoms with E-state index in [0.717, 1.165) is 5.56 Å². The van der Waals surface area contributed by atoms with E-state index >= 15 is 0 Å². The summed E-state index contributed by atoms with van der Waals surface area (Å²) in [5.74, 6) is -1.08. The Labute approximate surface area is 117 Å². The molecule has 1 aromatic carbocycles. The molecule has 108 valence electrons. The maximum atomic E-state index is 12.3. The van der Waals surface area contributed by atoms with Gasteiger partial charge in [-0.15, -0.1) is 0 Å². The average Bonchev–Trinajstić information content (AvgIpc) is 2.38. The van der Waals surface area contributed by atoms with E-state index in [1.54, 1.807) is 30.0 Å². The van der Waals surface area contributed by atoms with Crippen molar-refractivity contribution in [2.45, 2.75) is 26.7 Å². The van der Waals surface area contributed by atoms with E-state index in [2.05, 4.69) is 0 Å². The molecule has 1 saturated heterocycles. The van der Waals surface area contributed by atoms with Crippen LogP contribution in [0.2, 0.25) is 0 Å². The van der Waals surface area contributed by atoms with Crippen LogP contribution in [-0.2, 0) is 4.79 Å². The highest BCUT2D eigenvalue weighted by atomic mass is 16.4. The van der Waals surface area contributed by atoms with Gasteiger partial charge in [0.05, 0.1) is 11.0 Å². The van der Waals surface area contributed by atoms with Crippen LogP contribution < -0.4 is 0 Å². The van der Waals surface area contributed by atoms with E-state index in [4.69, 9.17) is 0 Å². The van der Waals surface area contributed by atoms with E-state index in [0.29, 0.717) is 25.9 Å². The zero-order valence-corrected chi connectivity index (χ0v) is 11.7. The Bertz CT molecular complexity index is 545. The summed E-state index contributed by atoms with van der Waals surface area (Å²) >= 11 is 0. The minimum absolute atomic E-state index is 0.0263. The Morgan fingerprint density at radius 1 is 1.25 bits per heavy atom. The number of piperidine rings is 1. The van der Waals surface area contributed by atoms with Gasteiger partial charge in [-0.25, -0.2) is 0 Å². The summed E-state index contributed by atoms with van der Waals surface area (Å²) < 4.78 is 0. The fourth-order valence-corrected chi connectivity index (χ4v) is 2.41. The van der Waals surface area contributed by atoms with Crippen LogP contribution in [0, 0.1) is 12.3 Å². The predicted molar refractivity (Wildman–Crippen MR) is 73.7 cm³/mol. The molecular weight excluding hydrogens is 258 g/mol. The molecule has 0 unspecified atom stereocenters. The number of likely N-dealkylation sites (tertiary alicyclic amines) is 1. The number of amides is 1. The van der Waals surface area contributed by atoms with Crippen molar-refractivity contribution in [1.29, 1.82) is 0 Å². The van der Waals surface area contributed by atoms with Crippen LogP contribution in [0.15, 0.2) is 18.2 Å². The second-order valence-corrected chi connectivity index (χ2v) is 5.68. The Balaban J connectivity index is 2.11. The number of aromatic hydroxyl groups is 1. The van der Waals surface area contributed by atoms with Crippen LogP contribution in [0.3, 0.4) is 0 Å². The SMILES string of the molecule is Cc1ccc(C(=O)N2CCC(C)(C(=O)O)CC2)c(O)c1. The molecule has 0 bridgehead atoms. The maximum Gasteiger partial charge on any atom is 0.309 e. The lowest BCUT2D eigenvalue weighted by molar-refractivity contribution is -0.150. The van der Waals surface area contributed by atoms with Gasteiger partial charge in [0.15, 0.2) is 0 Å². The fourth-order valence-electron chi connectivity index (χ4n) is 2.41. The molecule has 1 aromatic rings. The molecule has 1 amide bonds. The van der Waals surface area contributed by atoms with Crippen LogP contribution in [0.25, 0.3) is 0 Å². The molecule has 0 aromatic heterocycles. The molecule has 2 rings (SSSR count). The zero-order valence-electron chi connectivity index (χ0n) is 11.7. The lowest BCUT2D eigenvalue weighted by Gasteiger charge is -2.36. The van der Waals surface area contributed by atoms with E-state index in [1.807, 2.05) is 6.92 Å². The predicted octanol–water partition coefficient (Wildman–Crippen LogP) is 2.03. The first kappa shape index (κ1) is 14.4. The molecule has 0 atom stereocenters. The van der Waals surface area contributed by atoms with Crippen LogP contribution in [-0.4, -0.2) is 40.1 Å². The van der Waals surface area contributed by atoms with Crippen molar-refractivity contribution in [2.24, 2.45) is 5.41 Å². The number of nitrogens with zero attached hydrogens (tertiary/aromatic N) is 1. The van der Waals surface area contributed by atoms with Gasteiger partial charge in [-0.1, -0.05) is 6.07 Å². The number of aliphatic carboxylic acids is 1. The molecule has 1 aliphatic rings. The molecule has 0 radical (unpaired) electrons. The number of rotatable bonds is 2. The number of hydrogen-bond acceptors (Lipinski definition) is 3. The van der Waals surface area contributed by atoms with Gasteiger partial charge in [0.2, 0.25) is 0 Å². The molecule has 1 heterocycles. The van der Waals surface area contributed by atoms with Crippen molar-refractivity contribution in [3.8, 4) is 5.75 Å². The van der Waals surface area contributed by atoms with Crippen LogP contribution in [0.4, 0.5) is 0 Å². The van der Waals surface area contributed by atoms with E-state index < -0.39 is 11.4 Å². The highest BCUT2D eigenvalue weighted by Gasteiger charge is 2.38. The molecule has 1 aliphatic heterocycles. The van der Waals surface area contributed by atoms with Gasteiger partial charge in [-0.2, -0.15) is 0 Å². The Morgan fingerprint density at radius 2 is 1.85 bits per heavy atom. The largest absolute Gasteiger partial charge is 0.507 e. The summed E-state index contributed by atoms with van der Waals surface area (Å²) in [5.41, 5.74) is 0.400. The summed E-state index contributed by atoms with van der Waals surface area (Å²) in [4.78, 5) is 25.1. The summed E-state index contributed by atoms with van der Waals surface area (Å²) in [6.07, 6.45) is 0.862. The van der Waals surface area contributed by atoms with Gasteiger partial charge in [0.25, 0.3) is 5.91 Å². The van der Waals surface area contributed by atoms with E-state index in [9.17, 15) is 19.8 Å². The normalized spacial score (nSPS) is 17.8. The third kappa shape index (κ3) is 2.61. The molecule has 0 saturated carbocycles. The molecule has 5 nitrogen and oxygen atoms in total. The molecular formula is C15H19NO4. The third-order valence-corrected chi connectivity index (χ3v) is 4.05. The van der Waals surface area contributed by atoms with Gasteiger partial charge in [0.1, 0.15) is 5.75 Å². The monoisotopic (exact) mass is 277 g/mol. The van der Waals surface area contributed by atoms with Crippen LogP contribution >= 0.6 is 0 Å². The number of hydrogen-bond donors (Lipinski definition) is 2. The van der Waals surface area contributed by atoms with Gasteiger partial charge < -0.3 is 15.1 Å². The smallest absolute Gasteiger partial charge is 0.309 e. The highest BCUT2D eigenvalue weighted by Crippen LogP contribution is 2.32. The Morgan fingerprint density at radius 3 is 2.35 bits per heavy atom. The second kappa shape index (κ2) is 5.15. The highest BCUT2D eigenvalue weighted by molar-refractivity contribution is 5.97. The number of phenolic OH excluding ortho intramolecular Hbond substituents is 1. The summed E-state index contributed by atoms with van der Waals surface area (Å²) in [5, 5.41) is 19.0. The Hall–Kier alpha value is -2.04. The van der Waals surface area contributed by atoms with E-state index in [-0.39, 0.29) is 17.2 Å². The first-order valence-electron chi connectivity index (χ1n) is 6.66. The quantitative estimate of drug-likeness (QED) is 0.867. The van der Waals surface area contributed by atoms with E-state index in [1.165, 1.54) is 0 Å². The van der Waals surface area contributed by atoms with Crippen molar-refractivity contribution in [1.82, 2.24) is 4.90 Å². The average molecular weight is 277 g/mol. The van der Waals surface area contributed by atoms with Crippen LogP contribution in [0.5, 0.6) is 5.75 Å². The van der Waals surface area contributed by atoms with Crippen LogP contribution in [0.1, 0.15) is 35.7 Å². The number of aryl methyl sites for hydroxylation is 1. The minimum atomic E-state index is -0.817. The molecule has 1 fully saturated rings. The lowest BCUT2D eigenvalue weighted by atomic mass is 9.80. The number of phenols is 1. The minimum Gasteiger partial charge on any atom is -0.507 e. The van der Waals surface area contributed by atoms with Crippen molar-refractivity contribution in [3.63, 3.8) is 0 Å². The molecule has 0 spiro atoms. The lowest BCUT2D eigenvalue weighted by Crippen LogP contribution is -2.45. The first-order valence-corrected chi connectivity index (χ1v) is 6.66. The summed E-state index contributed by atoms with van der Waals surface area (Å²) in [6.45, 7) is 4.34. The number of carboxylic acid groups (broad SMARTS) is 1. The molecule has 2 N–H and O–H groups in total. The zero-order chi connectivity index (χ0) is 14.9. The first-order chi connectivity index (χ1) is 9.33. The van der Waals surface area contributed by atoms with Crippen molar-refractivity contribution < 1.29 is 19.8 Å². The molecule has 20 heavy (non-hydrogen) atoms. The van der Waals surface area contributed by atoms with Crippen molar-refractivity contribution >= 4 is 11.9 Å². The third-order valence-electron chi connectivity index (χ3n) is 4.05. The van der Waals surface area contributed by atoms with Gasteiger partial charge >= 0.3 is 5.97 Å². The number of carboxylic acids is 1. The summed E-state index contributed by atoms with van der Waals surface area (Å²) in [7, 11) is 0. The fraction of sp³-hybridized carbons (Fsp3) is 0.467. The second-order valence-electron chi connectivity index (χ2n) is 5.68. The summed E-state index contributed by atoms with van der Waals surface area (Å²) in [6, 6.07) is 4.94. The molecule has 0 aliphatic carbocycles. The number of carbonyl (C=O) groups is 2. The van der Waals surface area contributed by atoms with Crippen molar-refractivity contribution in [3.05, 3.63) is 29.3 Å². The number of carbonyl (C=O) groups excluding carboxylic acids is 1.